The third-order valence-electron chi connectivity index (χ3n) is 5.52. The second-order valence-corrected chi connectivity index (χ2v) is 7.22. The Balaban J connectivity index is 1.32. The van der Waals surface area contributed by atoms with Gasteiger partial charge in [-0.05, 0) is 50.4 Å². The van der Waals surface area contributed by atoms with Crippen LogP contribution in [0.4, 0.5) is 0 Å². The van der Waals surface area contributed by atoms with Crippen molar-refractivity contribution in [3.63, 3.8) is 0 Å². The predicted molar refractivity (Wildman–Crippen MR) is 78.8 cm³/mol. The second-order valence-electron chi connectivity index (χ2n) is 7.22. The van der Waals surface area contributed by atoms with Gasteiger partial charge in [-0.3, -0.25) is 4.79 Å². The molecule has 0 bridgehead atoms. The fourth-order valence-corrected chi connectivity index (χ4v) is 4.26. The van der Waals surface area contributed by atoms with Gasteiger partial charge in [-0.15, -0.1) is 0 Å². The molecule has 2 saturated carbocycles. The van der Waals surface area contributed by atoms with Crippen LogP contribution in [0.3, 0.4) is 0 Å². The van der Waals surface area contributed by atoms with E-state index < -0.39 is 6.10 Å². The third-order valence-corrected chi connectivity index (χ3v) is 5.52. The van der Waals surface area contributed by atoms with Gasteiger partial charge in [0.05, 0.1) is 18.3 Å². The quantitative estimate of drug-likeness (QED) is 0.626. The lowest BCUT2D eigenvalue weighted by Gasteiger charge is -2.32. The van der Waals surface area contributed by atoms with E-state index >= 15 is 0 Å². The maximum absolute atomic E-state index is 11.0. The zero-order chi connectivity index (χ0) is 14.8. The van der Waals surface area contributed by atoms with E-state index in [0.717, 1.165) is 25.2 Å². The molecule has 1 aliphatic heterocycles. The van der Waals surface area contributed by atoms with E-state index in [-0.39, 0.29) is 12.1 Å². The first-order chi connectivity index (χ1) is 10.1. The van der Waals surface area contributed by atoms with Crippen molar-refractivity contribution < 1.29 is 19.4 Å². The van der Waals surface area contributed by atoms with Gasteiger partial charge in [0.2, 0.25) is 0 Å². The number of fused-ring (bicyclic) bond motifs is 1. The molecule has 6 atom stereocenters. The number of epoxide rings is 1. The molecule has 1 N–H and O–H groups in total. The maximum atomic E-state index is 11.0. The van der Waals surface area contributed by atoms with Gasteiger partial charge in [0.1, 0.15) is 6.10 Å². The Morgan fingerprint density at radius 2 is 1.81 bits per heavy atom. The highest BCUT2D eigenvalue weighted by Gasteiger charge is 2.43. The first kappa shape index (κ1) is 15.3. The van der Waals surface area contributed by atoms with E-state index in [1.54, 1.807) is 0 Å². The van der Waals surface area contributed by atoms with Gasteiger partial charge in [0.15, 0.2) is 0 Å². The Morgan fingerprint density at radius 1 is 1.10 bits per heavy atom. The van der Waals surface area contributed by atoms with Crippen LogP contribution in [0.15, 0.2) is 0 Å². The van der Waals surface area contributed by atoms with E-state index in [2.05, 4.69) is 0 Å². The summed E-state index contributed by atoms with van der Waals surface area (Å²) in [5.41, 5.74) is 0. The fourth-order valence-electron chi connectivity index (χ4n) is 4.26. The number of rotatable bonds is 5. The van der Waals surface area contributed by atoms with Crippen molar-refractivity contribution in [3.05, 3.63) is 0 Å². The number of hydrogen-bond donors (Lipinski definition) is 1. The molecule has 0 radical (unpaired) electrons. The van der Waals surface area contributed by atoms with Crippen molar-refractivity contribution in [2.75, 3.05) is 0 Å². The van der Waals surface area contributed by atoms with Crippen LogP contribution in [0.5, 0.6) is 0 Å². The fraction of sp³-hybridized carbons (Fsp3) is 0.941. The van der Waals surface area contributed by atoms with Crippen LogP contribution in [-0.2, 0) is 14.3 Å². The highest BCUT2D eigenvalue weighted by Crippen LogP contribution is 2.41. The lowest BCUT2D eigenvalue weighted by Crippen LogP contribution is -2.36. The number of hydrogen-bond acceptors (Lipinski definition) is 4. The number of esters is 1. The number of carbonyl (C=O) groups excluding carboxylic acids is 1. The standard InChI is InChI=1S/C17H28O4/c1-11(18)20-15-7-5-12(9-14(15)19)3-2-4-13-6-8-16-17(10-13)21-16/h12-17,19H,2-10H2,1H3. The van der Waals surface area contributed by atoms with Crippen molar-refractivity contribution in [1.82, 2.24) is 0 Å². The molecule has 3 rings (SSSR count). The van der Waals surface area contributed by atoms with Crippen LogP contribution >= 0.6 is 0 Å². The minimum atomic E-state index is -0.469. The molecule has 0 spiro atoms. The average Bonchev–Trinajstić information content (AvgIpc) is 3.20. The molecular weight excluding hydrogens is 268 g/mol. The number of carbonyl (C=O) groups is 1. The normalized spacial score (nSPS) is 42.2. The van der Waals surface area contributed by atoms with Crippen LogP contribution in [0, 0.1) is 11.8 Å². The minimum absolute atomic E-state index is 0.277. The van der Waals surface area contributed by atoms with Crippen LogP contribution in [0.1, 0.15) is 64.7 Å². The van der Waals surface area contributed by atoms with E-state index in [0.29, 0.717) is 18.1 Å². The molecule has 0 aromatic heterocycles. The summed E-state index contributed by atoms with van der Waals surface area (Å²) < 4.78 is 10.8. The smallest absolute Gasteiger partial charge is 0.302 e. The molecule has 6 unspecified atom stereocenters. The maximum Gasteiger partial charge on any atom is 0.302 e. The SMILES string of the molecule is CC(=O)OC1CCC(CCCC2CCC3OC3C2)CC1O. The van der Waals surface area contributed by atoms with Gasteiger partial charge in [0.25, 0.3) is 0 Å². The highest BCUT2D eigenvalue weighted by atomic mass is 16.6. The third kappa shape index (κ3) is 4.19. The summed E-state index contributed by atoms with van der Waals surface area (Å²) in [4.78, 5) is 11.0. The van der Waals surface area contributed by atoms with Gasteiger partial charge in [0, 0.05) is 6.92 Å². The van der Waals surface area contributed by atoms with Crippen molar-refractivity contribution >= 4 is 5.97 Å². The number of aliphatic hydroxyl groups is 1. The van der Waals surface area contributed by atoms with Gasteiger partial charge >= 0.3 is 5.97 Å². The second kappa shape index (κ2) is 6.66. The van der Waals surface area contributed by atoms with Gasteiger partial charge in [-0.1, -0.05) is 19.3 Å². The molecule has 21 heavy (non-hydrogen) atoms. The van der Waals surface area contributed by atoms with Crippen molar-refractivity contribution in [2.24, 2.45) is 11.8 Å². The van der Waals surface area contributed by atoms with E-state index in [1.807, 2.05) is 0 Å². The average molecular weight is 296 g/mol. The summed E-state index contributed by atoms with van der Waals surface area (Å²) in [6.45, 7) is 1.41. The first-order valence-corrected chi connectivity index (χ1v) is 8.62. The summed E-state index contributed by atoms with van der Waals surface area (Å²) in [5.74, 6) is 1.17. The predicted octanol–water partition coefficient (Wildman–Crippen LogP) is 2.82. The minimum Gasteiger partial charge on any atom is -0.460 e. The zero-order valence-corrected chi connectivity index (χ0v) is 13.0. The Morgan fingerprint density at radius 3 is 2.48 bits per heavy atom. The van der Waals surface area contributed by atoms with Gasteiger partial charge in [-0.25, -0.2) is 0 Å². The molecular formula is C17H28O4. The van der Waals surface area contributed by atoms with Crippen LogP contribution in [0.2, 0.25) is 0 Å². The zero-order valence-electron chi connectivity index (χ0n) is 13.0. The summed E-state index contributed by atoms with van der Waals surface area (Å²) in [5, 5.41) is 10.1. The molecule has 3 aliphatic rings. The van der Waals surface area contributed by atoms with Crippen LogP contribution in [0.25, 0.3) is 0 Å². The molecule has 4 heteroatoms. The molecule has 3 fully saturated rings. The van der Waals surface area contributed by atoms with E-state index in [4.69, 9.17) is 9.47 Å². The lowest BCUT2D eigenvalue weighted by molar-refractivity contribution is -0.156. The largest absolute Gasteiger partial charge is 0.460 e. The van der Waals surface area contributed by atoms with Crippen molar-refractivity contribution in [1.29, 1.82) is 0 Å². The number of ether oxygens (including phenoxy) is 2. The Labute approximate surface area is 127 Å². The van der Waals surface area contributed by atoms with Gasteiger partial charge < -0.3 is 14.6 Å². The van der Waals surface area contributed by atoms with Crippen LogP contribution in [-0.4, -0.2) is 35.5 Å². The summed E-state index contributed by atoms with van der Waals surface area (Å²) in [6, 6.07) is 0. The topological polar surface area (TPSA) is 59.1 Å². The molecule has 1 heterocycles. The van der Waals surface area contributed by atoms with E-state index in [9.17, 15) is 9.90 Å². The molecule has 0 amide bonds. The van der Waals surface area contributed by atoms with Crippen molar-refractivity contribution in [2.45, 2.75) is 89.1 Å². The van der Waals surface area contributed by atoms with E-state index in [1.165, 1.54) is 45.4 Å². The first-order valence-electron chi connectivity index (χ1n) is 8.62. The Hall–Kier alpha value is -0.610. The molecule has 0 aromatic rings. The Kier molecular flexibility index (Phi) is 4.85. The van der Waals surface area contributed by atoms with Crippen molar-refractivity contribution in [3.8, 4) is 0 Å². The molecule has 120 valence electrons. The molecule has 2 aliphatic carbocycles. The lowest BCUT2D eigenvalue weighted by atomic mass is 9.80. The Bertz CT molecular complexity index is 370. The summed E-state index contributed by atoms with van der Waals surface area (Å²) in [7, 11) is 0. The number of aliphatic hydroxyl groups excluding tert-OH is 1. The highest BCUT2D eigenvalue weighted by molar-refractivity contribution is 5.66. The monoisotopic (exact) mass is 296 g/mol. The van der Waals surface area contributed by atoms with Crippen LogP contribution < -0.4 is 0 Å². The molecule has 1 saturated heterocycles. The molecule has 4 nitrogen and oxygen atoms in total. The molecule has 0 aromatic carbocycles. The van der Waals surface area contributed by atoms with Gasteiger partial charge in [-0.2, -0.15) is 0 Å². The summed E-state index contributed by atoms with van der Waals surface area (Å²) in [6.07, 6.45) is 10.8. The summed E-state index contributed by atoms with van der Waals surface area (Å²) >= 11 is 0.